The predicted molar refractivity (Wildman–Crippen MR) is 75.8 cm³/mol. The Hall–Kier alpha value is -1.39. The van der Waals surface area contributed by atoms with Gasteiger partial charge in [-0.15, -0.1) is 0 Å². The van der Waals surface area contributed by atoms with E-state index in [1.807, 2.05) is 6.92 Å². The average Bonchev–Trinajstić information content (AvgIpc) is 2.39. The summed E-state index contributed by atoms with van der Waals surface area (Å²) in [7, 11) is 0. The molecule has 19 heavy (non-hydrogen) atoms. The van der Waals surface area contributed by atoms with Crippen LogP contribution in [0.5, 0.6) is 0 Å². The molecule has 0 saturated carbocycles. The summed E-state index contributed by atoms with van der Waals surface area (Å²) >= 11 is 11.7. The maximum atomic E-state index is 13.4. The quantitative estimate of drug-likeness (QED) is 0.846. The molecule has 1 heterocycles. The Bertz CT molecular complexity index is 617. The third-order valence-corrected chi connectivity index (χ3v) is 3.31. The lowest BCUT2D eigenvalue weighted by molar-refractivity contribution is 0.629. The van der Waals surface area contributed by atoms with E-state index in [1.54, 1.807) is 13.0 Å². The van der Waals surface area contributed by atoms with E-state index >= 15 is 0 Å². The number of hydrogen-bond acceptors (Lipinski definition) is 3. The minimum absolute atomic E-state index is 0.0808. The summed E-state index contributed by atoms with van der Waals surface area (Å²) < 4.78 is 13.4. The minimum Gasteiger partial charge on any atom is -0.340 e. The van der Waals surface area contributed by atoms with Gasteiger partial charge in [-0.25, -0.2) is 14.4 Å². The van der Waals surface area contributed by atoms with Gasteiger partial charge in [0, 0.05) is 17.7 Å². The van der Waals surface area contributed by atoms with Gasteiger partial charge in [-0.05, 0) is 25.1 Å². The van der Waals surface area contributed by atoms with Gasteiger partial charge in [0.05, 0.1) is 5.02 Å². The molecule has 0 radical (unpaired) electrons. The Morgan fingerprint density at radius 2 is 2.00 bits per heavy atom. The monoisotopic (exact) mass is 299 g/mol. The Morgan fingerprint density at radius 3 is 2.63 bits per heavy atom. The fourth-order valence-corrected chi connectivity index (χ4v) is 1.83. The van der Waals surface area contributed by atoms with E-state index in [9.17, 15) is 4.39 Å². The van der Waals surface area contributed by atoms with Crippen molar-refractivity contribution in [1.82, 2.24) is 9.97 Å². The first-order chi connectivity index (χ1) is 9.01. The van der Waals surface area contributed by atoms with Gasteiger partial charge in [-0.2, -0.15) is 0 Å². The molecule has 0 aliphatic heterocycles. The smallest absolute Gasteiger partial charge is 0.143 e. The molecule has 2 rings (SSSR count). The van der Waals surface area contributed by atoms with Crippen LogP contribution in [-0.4, -0.2) is 9.97 Å². The Labute approximate surface area is 120 Å². The Kier molecular flexibility index (Phi) is 4.22. The van der Waals surface area contributed by atoms with Crippen molar-refractivity contribution in [2.75, 3.05) is 5.32 Å². The van der Waals surface area contributed by atoms with E-state index in [0.29, 0.717) is 34.5 Å². The van der Waals surface area contributed by atoms with E-state index in [4.69, 9.17) is 23.2 Å². The average molecular weight is 300 g/mol. The van der Waals surface area contributed by atoms with Gasteiger partial charge in [-0.3, -0.25) is 0 Å². The first-order valence-electron chi connectivity index (χ1n) is 5.76. The highest BCUT2D eigenvalue weighted by atomic mass is 35.5. The maximum absolute atomic E-state index is 13.4. The van der Waals surface area contributed by atoms with Crippen LogP contribution in [-0.2, 0) is 6.42 Å². The van der Waals surface area contributed by atoms with Gasteiger partial charge in [0.15, 0.2) is 0 Å². The zero-order valence-electron chi connectivity index (χ0n) is 10.5. The fraction of sp³-hybridized carbons (Fsp3) is 0.231. The molecule has 0 bridgehead atoms. The van der Waals surface area contributed by atoms with E-state index in [2.05, 4.69) is 15.3 Å². The lowest BCUT2D eigenvalue weighted by Gasteiger charge is -2.11. The molecule has 1 N–H and O–H groups in total. The summed E-state index contributed by atoms with van der Waals surface area (Å²) in [5.74, 6) is 0.714. The van der Waals surface area contributed by atoms with E-state index < -0.39 is 5.82 Å². The van der Waals surface area contributed by atoms with Crippen LogP contribution in [0.15, 0.2) is 18.2 Å². The summed E-state index contributed by atoms with van der Waals surface area (Å²) in [6.45, 7) is 3.74. The second-order valence-electron chi connectivity index (χ2n) is 4.01. The number of aromatic nitrogens is 2. The molecule has 3 nitrogen and oxygen atoms in total. The van der Waals surface area contributed by atoms with Crippen molar-refractivity contribution in [3.8, 4) is 0 Å². The Balaban J connectivity index is 2.37. The van der Waals surface area contributed by atoms with Crippen LogP contribution in [0.1, 0.15) is 18.3 Å². The highest BCUT2D eigenvalue weighted by Gasteiger charge is 2.09. The van der Waals surface area contributed by atoms with Crippen molar-refractivity contribution in [3.63, 3.8) is 0 Å². The molecule has 0 unspecified atom stereocenters. The fourth-order valence-electron chi connectivity index (χ4n) is 1.52. The number of anilines is 2. The zero-order valence-corrected chi connectivity index (χ0v) is 12.0. The molecular formula is C13H12Cl2FN3. The molecule has 0 atom stereocenters. The predicted octanol–water partition coefficient (Wildman–Crippen LogP) is 4.54. The minimum atomic E-state index is -0.486. The molecule has 0 saturated heterocycles. The summed E-state index contributed by atoms with van der Waals surface area (Å²) in [5, 5.41) is 3.49. The third kappa shape index (κ3) is 3.14. The van der Waals surface area contributed by atoms with Crippen LogP contribution in [0, 0.1) is 12.7 Å². The molecule has 1 aromatic carbocycles. The highest BCUT2D eigenvalue weighted by Crippen LogP contribution is 2.25. The topological polar surface area (TPSA) is 37.8 Å². The molecular weight excluding hydrogens is 288 g/mol. The van der Waals surface area contributed by atoms with Crippen molar-refractivity contribution < 1.29 is 4.39 Å². The molecule has 100 valence electrons. The van der Waals surface area contributed by atoms with Crippen LogP contribution >= 0.6 is 23.2 Å². The number of nitrogens with zero attached hydrogens (tertiary/aromatic N) is 2. The van der Waals surface area contributed by atoms with Gasteiger partial charge in [-0.1, -0.05) is 30.1 Å². The summed E-state index contributed by atoms with van der Waals surface area (Å²) in [5.41, 5.74) is 1.27. The van der Waals surface area contributed by atoms with Crippen molar-refractivity contribution >= 4 is 34.7 Å². The standard InChI is InChI=1S/C13H12Cl2FN3/c1-3-11-18-12(15)7(2)13(19-11)17-8-4-5-9(14)10(16)6-8/h4-6H,3H2,1-2H3,(H,17,18,19). The molecule has 6 heteroatoms. The summed E-state index contributed by atoms with van der Waals surface area (Å²) in [4.78, 5) is 8.48. The molecule has 0 amide bonds. The van der Waals surface area contributed by atoms with Crippen LogP contribution < -0.4 is 5.32 Å². The van der Waals surface area contributed by atoms with Gasteiger partial charge in [0.25, 0.3) is 0 Å². The van der Waals surface area contributed by atoms with Crippen molar-refractivity contribution in [2.45, 2.75) is 20.3 Å². The molecule has 0 fully saturated rings. The molecule has 2 aromatic rings. The van der Waals surface area contributed by atoms with Gasteiger partial charge in [0.2, 0.25) is 0 Å². The number of hydrogen-bond donors (Lipinski definition) is 1. The van der Waals surface area contributed by atoms with E-state index in [1.165, 1.54) is 12.1 Å². The Morgan fingerprint density at radius 1 is 1.26 bits per heavy atom. The van der Waals surface area contributed by atoms with Crippen LogP contribution in [0.4, 0.5) is 15.9 Å². The number of nitrogens with one attached hydrogen (secondary N) is 1. The summed E-state index contributed by atoms with van der Waals surface area (Å²) in [6.07, 6.45) is 0.670. The number of halogens is 3. The van der Waals surface area contributed by atoms with E-state index in [-0.39, 0.29) is 5.02 Å². The van der Waals surface area contributed by atoms with E-state index in [0.717, 1.165) is 0 Å². The van der Waals surface area contributed by atoms with Gasteiger partial charge < -0.3 is 5.32 Å². The lowest BCUT2D eigenvalue weighted by atomic mass is 10.2. The SMILES string of the molecule is CCc1nc(Cl)c(C)c(Nc2ccc(Cl)c(F)c2)n1. The van der Waals surface area contributed by atoms with Gasteiger partial charge >= 0.3 is 0 Å². The molecule has 0 aliphatic carbocycles. The second-order valence-corrected chi connectivity index (χ2v) is 4.78. The molecule has 1 aromatic heterocycles. The highest BCUT2D eigenvalue weighted by molar-refractivity contribution is 6.31. The number of benzene rings is 1. The molecule has 0 spiro atoms. The van der Waals surface area contributed by atoms with Crippen LogP contribution in [0.2, 0.25) is 10.2 Å². The van der Waals surface area contributed by atoms with Gasteiger partial charge in [0.1, 0.15) is 22.6 Å². The van der Waals surface area contributed by atoms with Crippen molar-refractivity contribution in [2.24, 2.45) is 0 Å². The third-order valence-electron chi connectivity index (χ3n) is 2.63. The second kappa shape index (κ2) is 5.72. The number of aryl methyl sites for hydroxylation is 1. The lowest BCUT2D eigenvalue weighted by Crippen LogP contribution is -2.03. The first kappa shape index (κ1) is 14.0. The normalized spacial score (nSPS) is 10.6. The van der Waals surface area contributed by atoms with Crippen LogP contribution in [0.25, 0.3) is 0 Å². The zero-order chi connectivity index (χ0) is 14.0. The number of rotatable bonds is 3. The summed E-state index contributed by atoms with van der Waals surface area (Å²) in [6, 6.07) is 4.47. The van der Waals surface area contributed by atoms with Crippen LogP contribution in [0.3, 0.4) is 0 Å². The largest absolute Gasteiger partial charge is 0.340 e. The van der Waals surface area contributed by atoms with Crippen molar-refractivity contribution in [3.05, 3.63) is 45.6 Å². The first-order valence-corrected chi connectivity index (χ1v) is 6.52. The van der Waals surface area contributed by atoms with Crippen molar-refractivity contribution in [1.29, 1.82) is 0 Å². The maximum Gasteiger partial charge on any atom is 0.143 e. The molecule has 0 aliphatic rings.